The van der Waals surface area contributed by atoms with Crippen LogP contribution in [0.2, 0.25) is 0 Å². The van der Waals surface area contributed by atoms with Crippen molar-refractivity contribution in [2.75, 3.05) is 5.32 Å². The summed E-state index contributed by atoms with van der Waals surface area (Å²) in [6.07, 6.45) is 0.632. The van der Waals surface area contributed by atoms with Crippen LogP contribution in [-0.4, -0.2) is 20.7 Å². The fourth-order valence-corrected chi connectivity index (χ4v) is 3.55. The van der Waals surface area contributed by atoms with E-state index in [0.29, 0.717) is 17.1 Å². The molecule has 0 radical (unpaired) electrons. The van der Waals surface area contributed by atoms with E-state index in [0.717, 1.165) is 28.2 Å². The Morgan fingerprint density at radius 2 is 2.04 bits per heavy atom. The molecule has 0 saturated heterocycles. The van der Waals surface area contributed by atoms with Gasteiger partial charge in [0.05, 0.1) is 5.69 Å². The topological polar surface area (TPSA) is 79.8 Å². The van der Waals surface area contributed by atoms with E-state index in [1.165, 1.54) is 16.0 Å². The summed E-state index contributed by atoms with van der Waals surface area (Å²) in [5, 5.41) is 8.50. The van der Waals surface area contributed by atoms with E-state index in [1.807, 2.05) is 51.3 Å². The molecule has 26 heavy (non-hydrogen) atoms. The molecule has 0 spiro atoms. The summed E-state index contributed by atoms with van der Waals surface area (Å²) in [5.41, 5.74) is 5.12. The summed E-state index contributed by atoms with van der Waals surface area (Å²) in [7, 11) is 0. The minimum atomic E-state index is -0.142. The minimum Gasteiger partial charge on any atom is -0.326 e. The van der Waals surface area contributed by atoms with Gasteiger partial charge in [-0.1, -0.05) is 12.1 Å². The van der Waals surface area contributed by atoms with Crippen molar-refractivity contribution in [3.05, 3.63) is 62.0 Å². The van der Waals surface area contributed by atoms with Crippen molar-refractivity contribution in [1.29, 1.82) is 0 Å². The zero-order valence-corrected chi connectivity index (χ0v) is 16.2. The lowest BCUT2D eigenvalue weighted by Gasteiger charge is -2.10. The van der Waals surface area contributed by atoms with Gasteiger partial charge in [0.25, 0.3) is 5.56 Å². The van der Waals surface area contributed by atoms with Crippen LogP contribution in [0.25, 0.3) is 5.13 Å². The highest BCUT2D eigenvalue weighted by atomic mass is 32.1. The second kappa shape index (κ2) is 7.29. The number of hydrogen-bond acceptors (Lipinski definition) is 4. The Morgan fingerprint density at radius 1 is 1.27 bits per heavy atom. The standard InChI is InChI=1S/C19H22N4O2S/c1-11-6-5-7-16(13(11)3)21-17(24)9-8-15-14(4)22-23(18(15)25)19-20-12(2)10-26-19/h5-7,10,22H,8-9H2,1-4H3,(H,21,24). The predicted octanol–water partition coefficient (Wildman–Crippen LogP) is 3.43. The first-order valence-corrected chi connectivity index (χ1v) is 9.34. The van der Waals surface area contributed by atoms with Crippen molar-refractivity contribution in [2.24, 2.45) is 0 Å². The van der Waals surface area contributed by atoms with Crippen molar-refractivity contribution in [2.45, 2.75) is 40.5 Å². The predicted molar refractivity (Wildman–Crippen MR) is 104 cm³/mol. The SMILES string of the molecule is Cc1csc(-n2[nH]c(C)c(CCC(=O)Nc3cccc(C)c3C)c2=O)n1. The number of anilines is 1. The summed E-state index contributed by atoms with van der Waals surface area (Å²) >= 11 is 1.41. The first kappa shape index (κ1) is 18.1. The van der Waals surface area contributed by atoms with Gasteiger partial charge in [0, 0.05) is 28.7 Å². The molecular formula is C19H22N4O2S. The number of carbonyl (C=O) groups excluding carboxylic acids is 1. The molecule has 1 aromatic carbocycles. The lowest BCUT2D eigenvalue weighted by Crippen LogP contribution is -2.19. The number of thiazole rings is 1. The van der Waals surface area contributed by atoms with Crippen molar-refractivity contribution in [3.63, 3.8) is 0 Å². The van der Waals surface area contributed by atoms with Crippen molar-refractivity contribution >= 4 is 22.9 Å². The van der Waals surface area contributed by atoms with Crippen molar-refractivity contribution < 1.29 is 4.79 Å². The summed E-state index contributed by atoms with van der Waals surface area (Å²) in [5.74, 6) is -0.102. The molecule has 2 aromatic heterocycles. The molecule has 1 amide bonds. The zero-order valence-electron chi connectivity index (χ0n) is 15.3. The first-order chi connectivity index (χ1) is 12.4. The number of carbonyl (C=O) groups is 1. The summed E-state index contributed by atoms with van der Waals surface area (Å²) in [6.45, 7) is 7.72. The lowest BCUT2D eigenvalue weighted by atomic mass is 10.1. The summed E-state index contributed by atoms with van der Waals surface area (Å²) in [4.78, 5) is 29.3. The van der Waals surface area contributed by atoms with Gasteiger partial charge >= 0.3 is 0 Å². The molecule has 7 heteroatoms. The zero-order chi connectivity index (χ0) is 18.8. The molecule has 6 nitrogen and oxygen atoms in total. The molecule has 0 atom stereocenters. The Labute approximate surface area is 155 Å². The van der Waals surface area contributed by atoms with E-state index < -0.39 is 0 Å². The monoisotopic (exact) mass is 370 g/mol. The van der Waals surface area contributed by atoms with Gasteiger partial charge in [-0.05, 0) is 51.3 Å². The molecule has 2 N–H and O–H groups in total. The highest BCUT2D eigenvalue weighted by Gasteiger charge is 2.16. The average Bonchev–Trinajstić information content (AvgIpc) is 3.14. The number of aryl methyl sites for hydroxylation is 3. The van der Waals surface area contributed by atoms with E-state index in [4.69, 9.17) is 0 Å². The molecule has 2 heterocycles. The van der Waals surface area contributed by atoms with Gasteiger partial charge in [0.2, 0.25) is 11.0 Å². The Bertz CT molecular complexity index is 1010. The van der Waals surface area contributed by atoms with Gasteiger partial charge in [-0.3, -0.25) is 14.7 Å². The number of aromatic nitrogens is 3. The van der Waals surface area contributed by atoms with Crippen LogP contribution in [-0.2, 0) is 11.2 Å². The van der Waals surface area contributed by atoms with Gasteiger partial charge < -0.3 is 5.32 Å². The number of rotatable bonds is 5. The van der Waals surface area contributed by atoms with Gasteiger partial charge in [0.1, 0.15) is 0 Å². The Kier molecular flexibility index (Phi) is 5.08. The molecule has 0 saturated carbocycles. The highest BCUT2D eigenvalue weighted by molar-refractivity contribution is 7.12. The fourth-order valence-electron chi connectivity index (χ4n) is 2.79. The highest BCUT2D eigenvalue weighted by Crippen LogP contribution is 2.18. The Balaban J connectivity index is 1.72. The average molecular weight is 370 g/mol. The number of amides is 1. The smallest absolute Gasteiger partial charge is 0.276 e. The van der Waals surface area contributed by atoms with E-state index >= 15 is 0 Å². The molecule has 0 aliphatic carbocycles. The molecule has 0 bridgehead atoms. The Hall–Kier alpha value is -2.67. The third-order valence-corrected chi connectivity index (χ3v) is 5.42. The van der Waals surface area contributed by atoms with E-state index in [9.17, 15) is 9.59 Å². The lowest BCUT2D eigenvalue weighted by molar-refractivity contribution is -0.116. The second-order valence-corrected chi connectivity index (χ2v) is 7.26. The molecule has 0 fully saturated rings. The molecule has 136 valence electrons. The number of nitrogens with one attached hydrogen (secondary N) is 2. The maximum atomic E-state index is 12.6. The van der Waals surface area contributed by atoms with Gasteiger partial charge in [-0.15, -0.1) is 11.3 Å². The quantitative estimate of drug-likeness (QED) is 0.722. The minimum absolute atomic E-state index is 0.102. The van der Waals surface area contributed by atoms with Crippen LogP contribution >= 0.6 is 11.3 Å². The van der Waals surface area contributed by atoms with Crippen LogP contribution in [0.15, 0.2) is 28.4 Å². The number of aromatic amines is 1. The van der Waals surface area contributed by atoms with Gasteiger partial charge in [0.15, 0.2) is 0 Å². The van der Waals surface area contributed by atoms with Crippen molar-refractivity contribution in [3.8, 4) is 5.13 Å². The van der Waals surface area contributed by atoms with Crippen LogP contribution in [0.1, 0.15) is 34.5 Å². The largest absolute Gasteiger partial charge is 0.326 e. The van der Waals surface area contributed by atoms with Crippen LogP contribution in [0.5, 0.6) is 0 Å². The van der Waals surface area contributed by atoms with Crippen LogP contribution < -0.4 is 10.9 Å². The third-order valence-electron chi connectivity index (χ3n) is 4.47. The summed E-state index contributed by atoms with van der Waals surface area (Å²) < 4.78 is 1.45. The van der Waals surface area contributed by atoms with E-state index in [2.05, 4.69) is 15.4 Å². The number of hydrogen-bond donors (Lipinski definition) is 2. The number of H-pyrrole nitrogens is 1. The van der Waals surface area contributed by atoms with Gasteiger partial charge in [-0.25, -0.2) is 4.98 Å². The maximum Gasteiger partial charge on any atom is 0.276 e. The second-order valence-electron chi connectivity index (χ2n) is 6.42. The molecule has 0 aliphatic rings. The van der Waals surface area contributed by atoms with Gasteiger partial charge in [-0.2, -0.15) is 4.68 Å². The number of benzene rings is 1. The molecular weight excluding hydrogens is 348 g/mol. The van der Waals surface area contributed by atoms with E-state index in [1.54, 1.807) is 0 Å². The van der Waals surface area contributed by atoms with Crippen LogP contribution in [0.3, 0.4) is 0 Å². The molecule has 3 aromatic rings. The first-order valence-electron chi connectivity index (χ1n) is 8.46. The third kappa shape index (κ3) is 3.62. The molecule has 0 unspecified atom stereocenters. The normalized spacial score (nSPS) is 10.9. The summed E-state index contributed by atoms with van der Waals surface area (Å²) in [6, 6.07) is 5.82. The van der Waals surface area contributed by atoms with Crippen LogP contribution in [0, 0.1) is 27.7 Å². The maximum absolute atomic E-state index is 12.6. The number of nitrogens with zero attached hydrogens (tertiary/aromatic N) is 2. The molecule has 0 aliphatic heterocycles. The Morgan fingerprint density at radius 3 is 2.73 bits per heavy atom. The fraction of sp³-hybridized carbons (Fsp3) is 0.316. The van der Waals surface area contributed by atoms with Crippen molar-refractivity contribution in [1.82, 2.24) is 14.8 Å². The van der Waals surface area contributed by atoms with Crippen LogP contribution in [0.4, 0.5) is 5.69 Å². The van der Waals surface area contributed by atoms with E-state index in [-0.39, 0.29) is 17.9 Å². The molecule has 3 rings (SSSR count).